The number of hydrogen-bond donors (Lipinski definition) is 1. The van der Waals surface area contributed by atoms with Gasteiger partial charge < -0.3 is 10.1 Å². The van der Waals surface area contributed by atoms with Gasteiger partial charge in [-0.1, -0.05) is 56.5 Å². The third-order valence-corrected chi connectivity index (χ3v) is 5.30. The molecule has 1 aliphatic rings. The monoisotopic (exact) mass is 366 g/mol. The Balaban J connectivity index is 1.36. The zero-order valence-corrected chi connectivity index (χ0v) is 16.7. The number of unbranched alkanes of at least 4 members (excludes halogenated alkanes) is 3. The summed E-state index contributed by atoms with van der Waals surface area (Å²) in [7, 11) is 0. The molecule has 2 aromatic rings. The second kappa shape index (κ2) is 11.0. The van der Waals surface area contributed by atoms with E-state index in [4.69, 9.17) is 4.74 Å². The van der Waals surface area contributed by atoms with Gasteiger partial charge in [0.15, 0.2) is 0 Å². The number of benzene rings is 2. The van der Waals surface area contributed by atoms with E-state index in [1.165, 1.54) is 36.9 Å². The third kappa shape index (κ3) is 6.91. The van der Waals surface area contributed by atoms with Gasteiger partial charge in [-0.2, -0.15) is 0 Å². The minimum Gasteiger partial charge on any atom is -0.490 e. The normalized spacial score (nSPS) is 15.6. The SMILES string of the molecule is CCCCCCNc1ccc(OC2CCN(Cc3ccccc3)CC2)cc1. The molecule has 27 heavy (non-hydrogen) atoms. The van der Waals surface area contributed by atoms with Crippen LogP contribution in [0, 0.1) is 0 Å². The molecule has 0 saturated carbocycles. The molecule has 0 amide bonds. The van der Waals surface area contributed by atoms with Crippen LogP contribution >= 0.6 is 0 Å². The largest absolute Gasteiger partial charge is 0.490 e. The first-order chi connectivity index (χ1) is 13.3. The van der Waals surface area contributed by atoms with Gasteiger partial charge in [0.2, 0.25) is 0 Å². The summed E-state index contributed by atoms with van der Waals surface area (Å²) in [5.41, 5.74) is 2.59. The molecule has 146 valence electrons. The van der Waals surface area contributed by atoms with Gasteiger partial charge in [-0.05, 0) is 49.1 Å². The number of nitrogens with zero attached hydrogens (tertiary/aromatic N) is 1. The molecule has 1 fully saturated rings. The summed E-state index contributed by atoms with van der Waals surface area (Å²) in [5.74, 6) is 0.994. The number of nitrogens with one attached hydrogen (secondary N) is 1. The molecule has 0 unspecified atom stereocenters. The molecule has 1 saturated heterocycles. The van der Waals surface area contributed by atoms with Crippen LogP contribution < -0.4 is 10.1 Å². The maximum atomic E-state index is 6.21. The summed E-state index contributed by atoms with van der Waals surface area (Å²) in [5, 5.41) is 3.50. The lowest BCUT2D eigenvalue weighted by molar-refractivity contribution is 0.0968. The number of rotatable bonds is 10. The van der Waals surface area contributed by atoms with E-state index < -0.39 is 0 Å². The molecule has 0 atom stereocenters. The van der Waals surface area contributed by atoms with Crippen molar-refractivity contribution in [3.8, 4) is 5.75 Å². The van der Waals surface area contributed by atoms with Crippen LogP contribution in [-0.2, 0) is 6.54 Å². The topological polar surface area (TPSA) is 24.5 Å². The molecule has 0 aromatic heterocycles. The van der Waals surface area contributed by atoms with Crippen molar-refractivity contribution < 1.29 is 4.74 Å². The van der Waals surface area contributed by atoms with Crippen LogP contribution in [0.3, 0.4) is 0 Å². The zero-order valence-electron chi connectivity index (χ0n) is 16.7. The lowest BCUT2D eigenvalue weighted by Crippen LogP contribution is -2.37. The number of anilines is 1. The molecule has 1 N–H and O–H groups in total. The van der Waals surface area contributed by atoms with Gasteiger partial charge in [0.25, 0.3) is 0 Å². The predicted octanol–water partition coefficient (Wildman–Crippen LogP) is 5.72. The lowest BCUT2D eigenvalue weighted by Gasteiger charge is -2.32. The second-order valence-corrected chi connectivity index (χ2v) is 7.59. The molecular weight excluding hydrogens is 332 g/mol. The van der Waals surface area contributed by atoms with Crippen LogP contribution in [0.2, 0.25) is 0 Å². The van der Waals surface area contributed by atoms with Gasteiger partial charge in [0.05, 0.1) is 0 Å². The summed E-state index contributed by atoms with van der Waals surface area (Å²) >= 11 is 0. The van der Waals surface area contributed by atoms with E-state index in [2.05, 4.69) is 71.7 Å². The maximum absolute atomic E-state index is 6.21. The lowest BCUT2D eigenvalue weighted by atomic mass is 10.1. The molecule has 3 heteroatoms. The fraction of sp³-hybridized carbons (Fsp3) is 0.500. The van der Waals surface area contributed by atoms with E-state index in [-0.39, 0.29) is 0 Å². The first-order valence-electron chi connectivity index (χ1n) is 10.6. The molecule has 1 aliphatic heterocycles. The van der Waals surface area contributed by atoms with Crippen molar-refractivity contribution in [1.29, 1.82) is 0 Å². The number of hydrogen-bond acceptors (Lipinski definition) is 3. The van der Waals surface area contributed by atoms with Crippen LogP contribution in [0.15, 0.2) is 54.6 Å². The van der Waals surface area contributed by atoms with Crippen molar-refractivity contribution in [3.05, 3.63) is 60.2 Å². The summed E-state index contributed by atoms with van der Waals surface area (Å²) in [6.45, 7) is 6.57. The van der Waals surface area contributed by atoms with Gasteiger partial charge in [0.1, 0.15) is 11.9 Å². The summed E-state index contributed by atoms with van der Waals surface area (Å²) in [6, 6.07) is 19.2. The van der Waals surface area contributed by atoms with Crippen molar-refractivity contribution >= 4 is 5.69 Å². The van der Waals surface area contributed by atoms with Crippen LogP contribution in [0.5, 0.6) is 5.75 Å². The fourth-order valence-electron chi connectivity index (χ4n) is 3.66. The first kappa shape index (κ1) is 19.8. The van der Waals surface area contributed by atoms with Gasteiger partial charge in [0, 0.05) is 31.9 Å². The Morgan fingerprint density at radius 3 is 2.37 bits per heavy atom. The standard InChI is InChI=1S/C24H34N2O/c1-2-3-4-8-17-25-22-11-13-23(14-12-22)27-24-15-18-26(19-16-24)20-21-9-6-5-7-10-21/h5-7,9-14,24-25H,2-4,8,15-20H2,1H3. The van der Waals surface area contributed by atoms with E-state index in [1.54, 1.807) is 0 Å². The fourth-order valence-corrected chi connectivity index (χ4v) is 3.66. The average Bonchev–Trinajstić information content (AvgIpc) is 2.71. The molecule has 0 radical (unpaired) electrons. The predicted molar refractivity (Wildman–Crippen MR) is 114 cm³/mol. The highest BCUT2D eigenvalue weighted by atomic mass is 16.5. The minimum absolute atomic E-state index is 0.338. The van der Waals surface area contributed by atoms with E-state index in [9.17, 15) is 0 Å². The van der Waals surface area contributed by atoms with E-state index >= 15 is 0 Å². The highest BCUT2D eigenvalue weighted by molar-refractivity contribution is 5.46. The molecule has 3 rings (SSSR count). The molecule has 1 heterocycles. The summed E-state index contributed by atoms with van der Waals surface area (Å²) < 4.78 is 6.21. The third-order valence-electron chi connectivity index (χ3n) is 5.30. The van der Waals surface area contributed by atoms with Crippen LogP contribution in [0.1, 0.15) is 51.0 Å². The first-order valence-corrected chi connectivity index (χ1v) is 10.6. The van der Waals surface area contributed by atoms with Crippen LogP contribution in [0.25, 0.3) is 0 Å². The van der Waals surface area contributed by atoms with E-state index in [0.717, 1.165) is 44.8 Å². The minimum atomic E-state index is 0.338. The molecule has 2 aromatic carbocycles. The second-order valence-electron chi connectivity index (χ2n) is 7.59. The smallest absolute Gasteiger partial charge is 0.119 e. The Bertz CT molecular complexity index is 633. The van der Waals surface area contributed by atoms with Crippen molar-refractivity contribution in [2.45, 2.75) is 58.1 Å². The highest BCUT2D eigenvalue weighted by Crippen LogP contribution is 2.22. The quantitative estimate of drug-likeness (QED) is 0.544. The molecule has 0 aliphatic carbocycles. The molecular formula is C24H34N2O. The maximum Gasteiger partial charge on any atom is 0.119 e. The molecule has 0 spiro atoms. The van der Waals surface area contributed by atoms with Gasteiger partial charge in [-0.25, -0.2) is 0 Å². The highest BCUT2D eigenvalue weighted by Gasteiger charge is 2.20. The van der Waals surface area contributed by atoms with Gasteiger partial charge >= 0.3 is 0 Å². The summed E-state index contributed by atoms with van der Waals surface area (Å²) in [6.07, 6.45) is 7.72. The Morgan fingerprint density at radius 1 is 0.926 bits per heavy atom. The molecule has 0 bridgehead atoms. The Labute approximate surface area is 164 Å². The van der Waals surface area contributed by atoms with Crippen molar-refractivity contribution in [3.63, 3.8) is 0 Å². The Morgan fingerprint density at radius 2 is 1.67 bits per heavy atom. The number of ether oxygens (including phenoxy) is 1. The van der Waals surface area contributed by atoms with Crippen molar-refractivity contribution in [1.82, 2.24) is 4.90 Å². The van der Waals surface area contributed by atoms with Crippen molar-refractivity contribution in [2.24, 2.45) is 0 Å². The van der Waals surface area contributed by atoms with Gasteiger partial charge in [-0.3, -0.25) is 4.90 Å². The van der Waals surface area contributed by atoms with E-state index in [0.29, 0.717) is 6.10 Å². The Hall–Kier alpha value is -2.00. The molecule has 3 nitrogen and oxygen atoms in total. The zero-order chi connectivity index (χ0) is 18.7. The van der Waals surface area contributed by atoms with E-state index in [1.807, 2.05) is 0 Å². The van der Waals surface area contributed by atoms with Crippen LogP contribution in [-0.4, -0.2) is 30.6 Å². The van der Waals surface area contributed by atoms with Gasteiger partial charge in [-0.15, -0.1) is 0 Å². The van der Waals surface area contributed by atoms with Crippen molar-refractivity contribution in [2.75, 3.05) is 25.0 Å². The van der Waals surface area contributed by atoms with Crippen LogP contribution in [0.4, 0.5) is 5.69 Å². The average molecular weight is 367 g/mol. The Kier molecular flexibility index (Phi) is 8.03. The summed E-state index contributed by atoms with van der Waals surface area (Å²) in [4.78, 5) is 2.53. The number of piperidine rings is 1. The number of likely N-dealkylation sites (tertiary alicyclic amines) is 1.